The summed E-state index contributed by atoms with van der Waals surface area (Å²) in [5.41, 5.74) is -0.570. The predicted octanol–water partition coefficient (Wildman–Crippen LogP) is 2.48. The van der Waals surface area contributed by atoms with Gasteiger partial charge in [-0.1, -0.05) is 0 Å². The van der Waals surface area contributed by atoms with Crippen LogP contribution in [0.4, 0.5) is 19.1 Å². The summed E-state index contributed by atoms with van der Waals surface area (Å²) in [7, 11) is 2.99. The first kappa shape index (κ1) is 19.7. The Kier molecular flexibility index (Phi) is 5.57. The predicted molar refractivity (Wildman–Crippen MR) is 94.7 cm³/mol. The topological polar surface area (TPSA) is 67.8 Å². The highest BCUT2D eigenvalue weighted by Crippen LogP contribution is 2.28. The Hall–Kier alpha value is -3.04. The molecular formula is C18H19F3N4O3. The molecule has 0 unspecified atom stereocenters. The molecule has 0 N–H and O–H groups in total. The number of rotatable bonds is 4. The van der Waals surface area contributed by atoms with E-state index in [2.05, 4.69) is 9.97 Å². The van der Waals surface area contributed by atoms with Gasteiger partial charge in [-0.25, -0.2) is 9.97 Å². The van der Waals surface area contributed by atoms with E-state index in [1.54, 1.807) is 28.0 Å². The van der Waals surface area contributed by atoms with Crippen molar-refractivity contribution in [1.82, 2.24) is 14.9 Å². The number of aromatic nitrogens is 2. The van der Waals surface area contributed by atoms with Crippen molar-refractivity contribution in [2.75, 3.05) is 45.3 Å². The van der Waals surface area contributed by atoms with Gasteiger partial charge >= 0.3 is 6.18 Å². The van der Waals surface area contributed by atoms with Crippen molar-refractivity contribution in [3.63, 3.8) is 0 Å². The molecule has 150 valence electrons. The maximum Gasteiger partial charge on any atom is 0.433 e. The van der Waals surface area contributed by atoms with Crippen LogP contribution in [0.3, 0.4) is 0 Å². The first-order chi connectivity index (χ1) is 13.3. The van der Waals surface area contributed by atoms with Crippen molar-refractivity contribution < 1.29 is 27.4 Å². The second-order valence-electron chi connectivity index (χ2n) is 6.12. The third-order valence-electron chi connectivity index (χ3n) is 4.38. The van der Waals surface area contributed by atoms with Gasteiger partial charge in [0.05, 0.1) is 14.2 Å². The number of alkyl halides is 3. The number of nitrogens with zero attached hydrogens (tertiary/aromatic N) is 4. The number of amides is 1. The lowest BCUT2D eigenvalue weighted by Gasteiger charge is -2.35. The highest BCUT2D eigenvalue weighted by molar-refractivity contribution is 5.95. The Morgan fingerprint density at radius 2 is 1.64 bits per heavy atom. The van der Waals surface area contributed by atoms with Crippen LogP contribution in [0.1, 0.15) is 16.1 Å². The Labute approximate surface area is 159 Å². The van der Waals surface area contributed by atoms with E-state index in [1.807, 2.05) is 0 Å². The van der Waals surface area contributed by atoms with Gasteiger partial charge in [-0.15, -0.1) is 0 Å². The number of ether oxygens (including phenoxy) is 2. The van der Waals surface area contributed by atoms with Gasteiger partial charge in [-0.3, -0.25) is 4.79 Å². The molecule has 1 amide bonds. The minimum atomic E-state index is -4.53. The van der Waals surface area contributed by atoms with Gasteiger partial charge in [0.2, 0.25) is 5.95 Å². The third-order valence-corrected chi connectivity index (χ3v) is 4.38. The third kappa shape index (κ3) is 4.26. The highest BCUT2D eigenvalue weighted by Gasteiger charge is 2.33. The SMILES string of the molecule is COc1cc(OC)cc(C(=O)N2CCN(c3nccc(C(F)(F)F)n3)CC2)c1. The fraction of sp³-hybridized carbons (Fsp3) is 0.389. The molecule has 0 radical (unpaired) electrons. The number of hydrogen-bond donors (Lipinski definition) is 0. The van der Waals surface area contributed by atoms with Crippen LogP contribution in [0.5, 0.6) is 11.5 Å². The van der Waals surface area contributed by atoms with Crippen molar-refractivity contribution >= 4 is 11.9 Å². The highest BCUT2D eigenvalue weighted by atomic mass is 19.4. The molecule has 0 bridgehead atoms. The summed E-state index contributed by atoms with van der Waals surface area (Å²) in [6.07, 6.45) is -3.44. The molecule has 2 heterocycles. The van der Waals surface area contributed by atoms with Crippen LogP contribution in [-0.2, 0) is 6.18 Å². The molecule has 1 aliphatic rings. The molecule has 1 aliphatic heterocycles. The second kappa shape index (κ2) is 7.91. The zero-order valence-electron chi connectivity index (χ0n) is 15.4. The van der Waals surface area contributed by atoms with Crippen molar-refractivity contribution in [3.8, 4) is 11.5 Å². The zero-order valence-corrected chi connectivity index (χ0v) is 15.4. The maximum atomic E-state index is 12.8. The fourth-order valence-corrected chi connectivity index (χ4v) is 2.88. The minimum Gasteiger partial charge on any atom is -0.497 e. The lowest BCUT2D eigenvalue weighted by atomic mass is 10.1. The van der Waals surface area contributed by atoms with Crippen molar-refractivity contribution in [3.05, 3.63) is 41.7 Å². The van der Waals surface area contributed by atoms with Crippen LogP contribution in [-0.4, -0.2) is 61.2 Å². The van der Waals surface area contributed by atoms with E-state index < -0.39 is 11.9 Å². The van der Waals surface area contributed by atoms with Crippen LogP contribution < -0.4 is 14.4 Å². The largest absolute Gasteiger partial charge is 0.497 e. The number of benzene rings is 1. The summed E-state index contributed by atoms with van der Waals surface area (Å²) in [6.45, 7) is 1.32. The molecule has 3 rings (SSSR count). The van der Waals surface area contributed by atoms with Crippen LogP contribution in [0, 0.1) is 0 Å². The Morgan fingerprint density at radius 1 is 1.04 bits per heavy atom. The van der Waals surface area contributed by atoms with E-state index in [0.29, 0.717) is 43.2 Å². The molecule has 0 atom stereocenters. The summed E-state index contributed by atoms with van der Waals surface area (Å²) in [6, 6.07) is 5.74. The average Bonchev–Trinajstić information content (AvgIpc) is 2.72. The Bertz CT molecular complexity index is 830. The Balaban J connectivity index is 1.70. The lowest BCUT2D eigenvalue weighted by Crippen LogP contribution is -2.49. The van der Waals surface area contributed by atoms with Crippen molar-refractivity contribution in [1.29, 1.82) is 0 Å². The number of piperazine rings is 1. The monoisotopic (exact) mass is 396 g/mol. The molecule has 2 aromatic rings. The smallest absolute Gasteiger partial charge is 0.433 e. The average molecular weight is 396 g/mol. The number of halogens is 3. The van der Waals surface area contributed by atoms with Gasteiger partial charge in [0.1, 0.15) is 17.2 Å². The lowest BCUT2D eigenvalue weighted by molar-refractivity contribution is -0.141. The maximum absolute atomic E-state index is 12.8. The van der Waals surface area contributed by atoms with Crippen molar-refractivity contribution in [2.24, 2.45) is 0 Å². The van der Waals surface area contributed by atoms with E-state index in [0.717, 1.165) is 12.3 Å². The van der Waals surface area contributed by atoms with Crippen LogP contribution in [0.2, 0.25) is 0 Å². The molecule has 0 saturated carbocycles. The van der Waals surface area contributed by atoms with Crippen LogP contribution in [0.15, 0.2) is 30.5 Å². The first-order valence-corrected chi connectivity index (χ1v) is 8.49. The molecule has 0 spiro atoms. The summed E-state index contributed by atoms with van der Waals surface area (Å²) < 4.78 is 48.9. The number of carbonyl (C=O) groups excluding carboxylic acids is 1. The number of hydrogen-bond acceptors (Lipinski definition) is 6. The quantitative estimate of drug-likeness (QED) is 0.791. The molecule has 1 aromatic heterocycles. The number of carbonyl (C=O) groups is 1. The molecular weight excluding hydrogens is 377 g/mol. The number of anilines is 1. The molecule has 1 aromatic carbocycles. The van der Waals surface area contributed by atoms with Crippen LogP contribution >= 0.6 is 0 Å². The molecule has 28 heavy (non-hydrogen) atoms. The minimum absolute atomic E-state index is 0.00461. The van der Waals surface area contributed by atoms with E-state index >= 15 is 0 Å². The molecule has 7 nitrogen and oxygen atoms in total. The normalized spacial score (nSPS) is 14.8. The van der Waals surface area contributed by atoms with Gasteiger partial charge in [0, 0.05) is 44.0 Å². The summed E-state index contributed by atoms with van der Waals surface area (Å²) in [5.74, 6) is 0.796. The summed E-state index contributed by atoms with van der Waals surface area (Å²) >= 11 is 0. The fourth-order valence-electron chi connectivity index (χ4n) is 2.88. The Morgan fingerprint density at radius 3 is 2.18 bits per heavy atom. The standard InChI is InChI=1S/C18H19F3N4O3/c1-27-13-9-12(10-14(11-13)28-2)16(26)24-5-7-25(8-6-24)17-22-4-3-15(23-17)18(19,20)21/h3-4,9-11H,5-8H2,1-2H3. The van der Waals surface area contributed by atoms with E-state index in [1.165, 1.54) is 14.2 Å². The van der Waals surface area contributed by atoms with Gasteiger partial charge in [-0.05, 0) is 18.2 Å². The van der Waals surface area contributed by atoms with Gasteiger partial charge in [0.25, 0.3) is 5.91 Å². The summed E-state index contributed by atoms with van der Waals surface area (Å²) in [4.78, 5) is 23.6. The van der Waals surface area contributed by atoms with Crippen molar-refractivity contribution in [2.45, 2.75) is 6.18 Å². The van der Waals surface area contributed by atoms with Gasteiger partial charge in [-0.2, -0.15) is 13.2 Å². The summed E-state index contributed by atoms with van der Waals surface area (Å²) in [5, 5.41) is 0. The number of methoxy groups -OCH3 is 2. The van der Waals surface area contributed by atoms with E-state index in [-0.39, 0.29) is 11.9 Å². The zero-order chi connectivity index (χ0) is 20.3. The molecule has 1 fully saturated rings. The van der Waals surface area contributed by atoms with E-state index in [9.17, 15) is 18.0 Å². The van der Waals surface area contributed by atoms with E-state index in [4.69, 9.17) is 9.47 Å². The van der Waals surface area contributed by atoms with Gasteiger partial charge < -0.3 is 19.3 Å². The molecule has 1 saturated heterocycles. The molecule has 10 heteroatoms. The second-order valence-corrected chi connectivity index (χ2v) is 6.12. The van der Waals surface area contributed by atoms with Gasteiger partial charge in [0.15, 0.2) is 0 Å². The van der Waals surface area contributed by atoms with Crippen LogP contribution in [0.25, 0.3) is 0 Å². The molecule has 0 aliphatic carbocycles. The first-order valence-electron chi connectivity index (χ1n) is 8.49.